The fourth-order valence-corrected chi connectivity index (χ4v) is 1.74. The molecular weight excluding hydrogens is 147 g/mol. The van der Waals surface area contributed by atoms with Crippen molar-refractivity contribution in [3.05, 3.63) is 29.3 Å². The van der Waals surface area contributed by atoms with Crippen LogP contribution in [0.4, 0.5) is 0 Å². The lowest BCUT2D eigenvalue weighted by Gasteiger charge is -2.14. The van der Waals surface area contributed by atoms with E-state index >= 15 is 0 Å². The lowest BCUT2D eigenvalue weighted by atomic mass is 9.85. The van der Waals surface area contributed by atoms with Crippen LogP contribution >= 0.6 is 0 Å². The summed E-state index contributed by atoms with van der Waals surface area (Å²) in [5.41, 5.74) is 3.86. The van der Waals surface area contributed by atoms with Crippen molar-refractivity contribution in [1.82, 2.24) is 0 Å². The third kappa shape index (κ3) is 1.29. The molecule has 1 aliphatic carbocycles. The number of hydrogen-bond acceptors (Lipinski definition) is 1. The van der Waals surface area contributed by atoms with Gasteiger partial charge in [0, 0.05) is 12.8 Å². The standard InChI is InChI=1S/C10H11BO/c11-9-3-1-7-2-4-10(12)6-8(7)5-9/h1,3,5H,2,4,6,11H2. The zero-order valence-electron chi connectivity index (χ0n) is 7.26. The summed E-state index contributed by atoms with van der Waals surface area (Å²) in [5.74, 6) is 0.383. The predicted molar refractivity (Wildman–Crippen MR) is 51.7 cm³/mol. The van der Waals surface area contributed by atoms with Crippen molar-refractivity contribution in [3.63, 3.8) is 0 Å². The highest BCUT2D eigenvalue weighted by Crippen LogP contribution is 2.17. The van der Waals surface area contributed by atoms with Gasteiger partial charge in [-0.05, 0) is 17.5 Å². The Morgan fingerprint density at radius 1 is 1.17 bits per heavy atom. The van der Waals surface area contributed by atoms with Gasteiger partial charge >= 0.3 is 0 Å². The molecule has 2 rings (SSSR count). The molecule has 0 atom stereocenters. The maximum atomic E-state index is 11.1. The van der Waals surface area contributed by atoms with Gasteiger partial charge in [0.1, 0.15) is 13.6 Å². The topological polar surface area (TPSA) is 17.1 Å². The van der Waals surface area contributed by atoms with Gasteiger partial charge in [-0.1, -0.05) is 23.7 Å². The summed E-state index contributed by atoms with van der Waals surface area (Å²) in [6.45, 7) is 0. The van der Waals surface area contributed by atoms with Crippen LogP contribution in [0, 0.1) is 0 Å². The number of benzene rings is 1. The molecule has 60 valence electrons. The van der Waals surface area contributed by atoms with Gasteiger partial charge in [-0.15, -0.1) is 0 Å². The van der Waals surface area contributed by atoms with E-state index in [1.165, 1.54) is 16.6 Å². The molecule has 1 nitrogen and oxygen atoms in total. The van der Waals surface area contributed by atoms with Crippen LogP contribution in [0.2, 0.25) is 0 Å². The van der Waals surface area contributed by atoms with E-state index in [4.69, 9.17) is 0 Å². The fourth-order valence-electron chi connectivity index (χ4n) is 1.74. The maximum Gasteiger partial charge on any atom is 0.139 e. The molecule has 0 saturated carbocycles. The van der Waals surface area contributed by atoms with Crippen molar-refractivity contribution < 1.29 is 4.79 Å². The monoisotopic (exact) mass is 158 g/mol. The summed E-state index contributed by atoms with van der Waals surface area (Å²) >= 11 is 0. The Hall–Kier alpha value is -1.05. The number of aryl methyl sites for hydroxylation is 1. The Labute approximate surface area is 73.2 Å². The average Bonchev–Trinajstić information content (AvgIpc) is 2.03. The number of fused-ring (bicyclic) bond motifs is 1. The molecule has 2 heteroatoms. The van der Waals surface area contributed by atoms with Crippen LogP contribution in [0.25, 0.3) is 0 Å². The van der Waals surface area contributed by atoms with E-state index in [0.29, 0.717) is 12.2 Å². The smallest absolute Gasteiger partial charge is 0.139 e. The molecule has 12 heavy (non-hydrogen) atoms. The Kier molecular flexibility index (Phi) is 1.76. The quantitative estimate of drug-likeness (QED) is 0.486. The van der Waals surface area contributed by atoms with Crippen molar-refractivity contribution in [3.8, 4) is 0 Å². The molecule has 0 unspecified atom stereocenters. The van der Waals surface area contributed by atoms with Crippen LogP contribution in [0.5, 0.6) is 0 Å². The van der Waals surface area contributed by atoms with Gasteiger partial charge in [0.2, 0.25) is 0 Å². The van der Waals surface area contributed by atoms with Crippen LogP contribution in [0.15, 0.2) is 18.2 Å². The van der Waals surface area contributed by atoms with Gasteiger partial charge in [-0.25, -0.2) is 0 Å². The van der Waals surface area contributed by atoms with Crippen molar-refractivity contribution in [1.29, 1.82) is 0 Å². The van der Waals surface area contributed by atoms with Crippen molar-refractivity contribution in [2.24, 2.45) is 0 Å². The van der Waals surface area contributed by atoms with E-state index < -0.39 is 0 Å². The second kappa shape index (κ2) is 2.78. The summed E-state index contributed by atoms with van der Waals surface area (Å²) in [6.07, 6.45) is 2.32. The third-order valence-corrected chi connectivity index (χ3v) is 2.42. The molecule has 1 aliphatic rings. The summed E-state index contributed by atoms with van der Waals surface area (Å²) in [7, 11) is 2.07. The largest absolute Gasteiger partial charge is 0.299 e. The molecule has 1 aromatic carbocycles. The summed E-state index contributed by atoms with van der Waals surface area (Å²) < 4.78 is 0. The number of hydrogen-bond donors (Lipinski definition) is 0. The number of carbonyl (C=O) groups excluding carboxylic acids is 1. The van der Waals surface area contributed by atoms with Crippen molar-refractivity contribution in [2.45, 2.75) is 19.3 Å². The van der Waals surface area contributed by atoms with Gasteiger partial charge in [0.15, 0.2) is 0 Å². The molecule has 0 radical (unpaired) electrons. The van der Waals surface area contributed by atoms with Crippen LogP contribution in [0.1, 0.15) is 17.5 Å². The van der Waals surface area contributed by atoms with Crippen LogP contribution in [0.3, 0.4) is 0 Å². The van der Waals surface area contributed by atoms with E-state index in [2.05, 4.69) is 26.0 Å². The maximum absolute atomic E-state index is 11.1. The molecule has 0 bridgehead atoms. The first-order chi connectivity index (χ1) is 5.75. The first-order valence-electron chi connectivity index (χ1n) is 4.36. The molecular formula is C10H11BO. The molecule has 0 N–H and O–H groups in total. The molecule has 0 aromatic heterocycles. The van der Waals surface area contributed by atoms with E-state index in [1.54, 1.807) is 0 Å². The third-order valence-electron chi connectivity index (χ3n) is 2.42. The van der Waals surface area contributed by atoms with Gasteiger partial charge in [0.05, 0.1) is 0 Å². The van der Waals surface area contributed by atoms with Crippen molar-refractivity contribution >= 4 is 19.1 Å². The van der Waals surface area contributed by atoms with E-state index in [-0.39, 0.29) is 0 Å². The lowest BCUT2D eigenvalue weighted by Crippen LogP contribution is -2.16. The van der Waals surface area contributed by atoms with Crippen molar-refractivity contribution in [2.75, 3.05) is 0 Å². The predicted octanol–water partition coefficient (Wildman–Crippen LogP) is 0.00280. The molecule has 1 aromatic rings. The van der Waals surface area contributed by atoms with E-state index in [9.17, 15) is 4.79 Å². The van der Waals surface area contributed by atoms with Gasteiger partial charge in [0.25, 0.3) is 0 Å². The Bertz CT molecular complexity index is 331. The second-order valence-electron chi connectivity index (χ2n) is 3.49. The van der Waals surface area contributed by atoms with Crippen LogP contribution < -0.4 is 5.46 Å². The minimum absolute atomic E-state index is 0.383. The van der Waals surface area contributed by atoms with Crippen LogP contribution in [-0.4, -0.2) is 13.6 Å². The summed E-state index contributed by atoms with van der Waals surface area (Å²) in [6, 6.07) is 6.40. The fraction of sp³-hybridized carbons (Fsp3) is 0.300. The first-order valence-corrected chi connectivity index (χ1v) is 4.36. The lowest BCUT2D eigenvalue weighted by molar-refractivity contribution is -0.118. The Morgan fingerprint density at radius 2 is 2.00 bits per heavy atom. The zero-order chi connectivity index (χ0) is 8.55. The van der Waals surface area contributed by atoms with Gasteiger partial charge in [-0.3, -0.25) is 4.79 Å². The summed E-state index contributed by atoms with van der Waals surface area (Å²) in [4.78, 5) is 11.1. The number of Topliss-reactive ketones (excluding diaryl/α,β-unsaturated/α-hetero) is 1. The first kappa shape index (κ1) is 7.60. The molecule has 0 spiro atoms. The molecule has 0 fully saturated rings. The van der Waals surface area contributed by atoms with E-state index in [1.807, 2.05) is 0 Å². The minimum atomic E-state index is 0.383. The molecule has 0 saturated heterocycles. The zero-order valence-corrected chi connectivity index (χ0v) is 7.26. The SMILES string of the molecule is Bc1ccc2c(c1)CC(=O)CC2. The summed E-state index contributed by atoms with van der Waals surface area (Å²) in [5, 5.41) is 0. The van der Waals surface area contributed by atoms with Gasteiger partial charge in [-0.2, -0.15) is 0 Å². The van der Waals surface area contributed by atoms with Crippen LogP contribution in [-0.2, 0) is 17.6 Å². The molecule has 0 heterocycles. The van der Waals surface area contributed by atoms with E-state index in [0.717, 1.165) is 12.8 Å². The number of rotatable bonds is 0. The Morgan fingerprint density at radius 3 is 2.83 bits per heavy atom. The number of carbonyl (C=O) groups is 1. The highest BCUT2D eigenvalue weighted by atomic mass is 16.1. The second-order valence-corrected chi connectivity index (χ2v) is 3.49. The highest BCUT2D eigenvalue weighted by Gasteiger charge is 2.14. The molecule has 0 aliphatic heterocycles. The Balaban J connectivity index is 2.44. The highest BCUT2D eigenvalue weighted by molar-refractivity contribution is 6.32. The minimum Gasteiger partial charge on any atom is -0.299 e. The van der Waals surface area contributed by atoms with Gasteiger partial charge < -0.3 is 0 Å². The molecule has 0 amide bonds. The average molecular weight is 158 g/mol. The number of ketones is 1. The normalized spacial score (nSPS) is 15.8.